The molecule has 0 radical (unpaired) electrons. The minimum absolute atomic E-state index is 0.259. The monoisotopic (exact) mass is 226 g/mol. The van der Waals surface area contributed by atoms with Crippen LogP contribution in [0, 0.1) is 12.8 Å². The first-order valence-electron chi connectivity index (χ1n) is 5.72. The minimum atomic E-state index is 0.259. The summed E-state index contributed by atoms with van der Waals surface area (Å²) in [5, 5.41) is 3.86. The summed E-state index contributed by atoms with van der Waals surface area (Å²) in [7, 11) is 2.04. The third-order valence-electron chi connectivity index (χ3n) is 2.68. The molecule has 0 aliphatic heterocycles. The van der Waals surface area contributed by atoms with Gasteiger partial charge in [-0.25, -0.2) is 0 Å². The van der Waals surface area contributed by atoms with Gasteiger partial charge in [-0.1, -0.05) is 19.0 Å². The SMILES string of the molecule is Cc1nc(CN(C)CCC(N)C(C)C)no1. The molecule has 0 saturated heterocycles. The zero-order chi connectivity index (χ0) is 12.1. The second kappa shape index (κ2) is 5.96. The molecule has 0 fully saturated rings. The first-order valence-corrected chi connectivity index (χ1v) is 5.72. The van der Waals surface area contributed by atoms with Crippen LogP contribution in [0.15, 0.2) is 4.52 Å². The number of rotatable bonds is 6. The number of hydrogen-bond donors (Lipinski definition) is 1. The Kier molecular flexibility index (Phi) is 4.89. The second-order valence-corrected chi connectivity index (χ2v) is 4.66. The van der Waals surface area contributed by atoms with Crippen LogP contribution in [0.3, 0.4) is 0 Å². The molecule has 0 saturated carbocycles. The number of nitrogens with zero attached hydrogens (tertiary/aromatic N) is 3. The molecule has 1 heterocycles. The first-order chi connectivity index (χ1) is 7.49. The van der Waals surface area contributed by atoms with Crippen LogP contribution in [0.2, 0.25) is 0 Å². The zero-order valence-electron chi connectivity index (χ0n) is 10.6. The number of aryl methyl sites for hydroxylation is 1. The highest BCUT2D eigenvalue weighted by atomic mass is 16.5. The molecule has 1 atom stereocenters. The van der Waals surface area contributed by atoms with Crippen LogP contribution in [0.5, 0.6) is 0 Å². The zero-order valence-corrected chi connectivity index (χ0v) is 10.6. The van der Waals surface area contributed by atoms with E-state index in [1.54, 1.807) is 6.92 Å². The van der Waals surface area contributed by atoms with Gasteiger partial charge in [-0.3, -0.25) is 4.90 Å². The maximum absolute atomic E-state index is 5.99. The van der Waals surface area contributed by atoms with Crippen LogP contribution in [-0.4, -0.2) is 34.7 Å². The smallest absolute Gasteiger partial charge is 0.223 e. The van der Waals surface area contributed by atoms with Crippen molar-refractivity contribution < 1.29 is 4.52 Å². The van der Waals surface area contributed by atoms with E-state index in [0.717, 1.165) is 18.8 Å². The van der Waals surface area contributed by atoms with E-state index in [2.05, 4.69) is 28.9 Å². The highest BCUT2D eigenvalue weighted by molar-refractivity contribution is 4.83. The molecule has 1 aromatic rings. The third-order valence-corrected chi connectivity index (χ3v) is 2.68. The number of nitrogens with two attached hydrogens (primary N) is 1. The quantitative estimate of drug-likeness (QED) is 0.789. The van der Waals surface area contributed by atoms with Crippen molar-refractivity contribution in [2.24, 2.45) is 11.7 Å². The van der Waals surface area contributed by atoms with Gasteiger partial charge in [0.1, 0.15) is 0 Å². The van der Waals surface area contributed by atoms with Gasteiger partial charge < -0.3 is 10.3 Å². The Morgan fingerprint density at radius 1 is 1.44 bits per heavy atom. The molecule has 0 amide bonds. The molecule has 0 spiro atoms. The fraction of sp³-hybridized carbons (Fsp3) is 0.818. The molecule has 2 N–H and O–H groups in total. The molecule has 5 heteroatoms. The Bertz CT molecular complexity index is 311. The lowest BCUT2D eigenvalue weighted by molar-refractivity contribution is 0.284. The van der Waals surface area contributed by atoms with E-state index in [0.29, 0.717) is 18.4 Å². The largest absolute Gasteiger partial charge is 0.340 e. The fourth-order valence-corrected chi connectivity index (χ4v) is 1.43. The molecular weight excluding hydrogens is 204 g/mol. The molecule has 1 unspecified atom stereocenters. The van der Waals surface area contributed by atoms with Crippen LogP contribution in [0.4, 0.5) is 0 Å². The van der Waals surface area contributed by atoms with Gasteiger partial charge in [-0.05, 0) is 25.9 Å². The summed E-state index contributed by atoms with van der Waals surface area (Å²) in [4.78, 5) is 6.32. The van der Waals surface area contributed by atoms with Crippen LogP contribution < -0.4 is 5.73 Å². The normalized spacial score (nSPS) is 13.7. The van der Waals surface area contributed by atoms with E-state index >= 15 is 0 Å². The number of aromatic nitrogens is 2. The minimum Gasteiger partial charge on any atom is -0.340 e. The fourth-order valence-electron chi connectivity index (χ4n) is 1.43. The van der Waals surface area contributed by atoms with Crippen molar-refractivity contribution in [3.63, 3.8) is 0 Å². The molecule has 5 nitrogen and oxygen atoms in total. The van der Waals surface area contributed by atoms with Gasteiger partial charge in [-0.15, -0.1) is 0 Å². The summed E-state index contributed by atoms with van der Waals surface area (Å²) in [6, 6.07) is 0.259. The second-order valence-electron chi connectivity index (χ2n) is 4.66. The topological polar surface area (TPSA) is 68.2 Å². The van der Waals surface area contributed by atoms with E-state index < -0.39 is 0 Å². The summed E-state index contributed by atoms with van der Waals surface area (Å²) in [6.07, 6.45) is 0.991. The Labute approximate surface area is 97.0 Å². The van der Waals surface area contributed by atoms with Crippen molar-refractivity contribution in [2.75, 3.05) is 13.6 Å². The lowest BCUT2D eigenvalue weighted by atomic mass is 10.0. The van der Waals surface area contributed by atoms with Crippen LogP contribution in [0.1, 0.15) is 32.0 Å². The van der Waals surface area contributed by atoms with Crippen molar-refractivity contribution in [2.45, 2.75) is 39.8 Å². The lowest BCUT2D eigenvalue weighted by Gasteiger charge is -2.20. The van der Waals surface area contributed by atoms with Gasteiger partial charge in [0.25, 0.3) is 0 Å². The van der Waals surface area contributed by atoms with Gasteiger partial charge in [0.05, 0.1) is 6.54 Å². The van der Waals surface area contributed by atoms with E-state index in [-0.39, 0.29) is 6.04 Å². The Morgan fingerprint density at radius 2 is 2.12 bits per heavy atom. The van der Waals surface area contributed by atoms with Gasteiger partial charge in [0.15, 0.2) is 5.82 Å². The summed E-state index contributed by atoms with van der Waals surface area (Å²) in [5.74, 6) is 1.88. The summed E-state index contributed by atoms with van der Waals surface area (Å²) < 4.78 is 4.92. The Hall–Kier alpha value is -0.940. The average molecular weight is 226 g/mol. The Balaban J connectivity index is 2.28. The van der Waals surface area contributed by atoms with E-state index in [4.69, 9.17) is 10.3 Å². The summed E-state index contributed by atoms with van der Waals surface area (Å²) in [5.41, 5.74) is 5.99. The van der Waals surface area contributed by atoms with Crippen molar-refractivity contribution in [3.8, 4) is 0 Å². The van der Waals surface area contributed by atoms with E-state index in [9.17, 15) is 0 Å². The van der Waals surface area contributed by atoms with Gasteiger partial charge >= 0.3 is 0 Å². The highest BCUT2D eigenvalue weighted by Gasteiger charge is 2.10. The first kappa shape index (κ1) is 13.1. The summed E-state index contributed by atoms with van der Waals surface area (Å²) >= 11 is 0. The molecular formula is C11H22N4O. The predicted molar refractivity (Wildman–Crippen MR) is 62.8 cm³/mol. The molecule has 0 bridgehead atoms. The summed E-state index contributed by atoms with van der Waals surface area (Å²) in [6.45, 7) is 7.75. The molecule has 0 aromatic carbocycles. The third kappa shape index (κ3) is 4.28. The van der Waals surface area contributed by atoms with Gasteiger partial charge in [-0.2, -0.15) is 4.98 Å². The predicted octanol–water partition coefficient (Wildman–Crippen LogP) is 1.18. The maximum atomic E-state index is 5.99. The molecule has 1 aromatic heterocycles. The van der Waals surface area contributed by atoms with Crippen LogP contribution in [-0.2, 0) is 6.54 Å². The van der Waals surface area contributed by atoms with Crippen molar-refractivity contribution in [3.05, 3.63) is 11.7 Å². The molecule has 92 valence electrons. The van der Waals surface area contributed by atoms with E-state index in [1.165, 1.54) is 0 Å². The van der Waals surface area contributed by atoms with Crippen LogP contribution >= 0.6 is 0 Å². The van der Waals surface area contributed by atoms with Crippen LogP contribution in [0.25, 0.3) is 0 Å². The molecule has 0 aliphatic rings. The Morgan fingerprint density at radius 3 is 2.62 bits per heavy atom. The molecule has 1 rings (SSSR count). The van der Waals surface area contributed by atoms with Crippen molar-refractivity contribution in [1.29, 1.82) is 0 Å². The number of hydrogen-bond acceptors (Lipinski definition) is 5. The van der Waals surface area contributed by atoms with Crippen molar-refractivity contribution in [1.82, 2.24) is 15.0 Å². The van der Waals surface area contributed by atoms with Gasteiger partial charge in [0.2, 0.25) is 5.89 Å². The lowest BCUT2D eigenvalue weighted by Crippen LogP contribution is -2.31. The van der Waals surface area contributed by atoms with Gasteiger partial charge in [0, 0.05) is 13.0 Å². The average Bonchev–Trinajstić information content (AvgIpc) is 2.60. The standard InChI is InChI=1S/C11H22N4O/c1-8(2)10(12)5-6-15(4)7-11-13-9(3)16-14-11/h8,10H,5-7,12H2,1-4H3. The molecule has 0 aliphatic carbocycles. The highest BCUT2D eigenvalue weighted by Crippen LogP contribution is 2.05. The van der Waals surface area contributed by atoms with E-state index in [1.807, 2.05) is 7.05 Å². The molecule has 16 heavy (non-hydrogen) atoms. The van der Waals surface area contributed by atoms with Crippen molar-refractivity contribution >= 4 is 0 Å². The maximum Gasteiger partial charge on any atom is 0.223 e.